The largest absolute Gasteiger partial charge is 0.435 e. The number of carbonyl (C=O) groups excluding carboxylic acids is 1. The summed E-state index contributed by atoms with van der Waals surface area (Å²) in [5, 5.41) is 7.28. The standard InChI is InChI=1S/C21H21F2N3O2/c1-14-13-15(2)26(25-14)18-7-5-17(6-8-18)20(27)24-12-11-16-3-9-19(10-4-16)28-21(22)23/h3-10,13,21H,11-12H2,1-2H3,(H,24,27). The van der Waals surface area contributed by atoms with Gasteiger partial charge in [0.05, 0.1) is 11.4 Å². The third-order valence-electron chi connectivity index (χ3n) is 4.23. The van der Waals surface area contributed by atoms with Crippen LogP contribution in [0.4, 0.5) is 8.78 Å². The van der Waals surface area contributed by atoms with Crippen LogP contribution in [-0.2, 0) is 6.42 Å². The second-order valence-electron chi connectivity index (χ2n) is 6.41. The summed E-state index contributed by atoms with van der Waals surface area (Å²) in [6.07, 6.45) is 0.588. The van der Waals surface area contributed by atoms with E-state index in [1.54, 1.807) is 24.3 Å². The molecule has 0 fully saturated rings. The van der Waals surface area contributed by atoms with E-state index < -0.39 is 6.61 Å². The zero-order valence-corrected chi connectivity index (χ0v) is 15.7. The van der Waals surface area contributed by atoms with Gasteiger partial charge in [-0.25, -0.2) is 4.68 Å². The van der Waals surface area contributed by atoms with Crippen molar-refractivity contribution < 1.29 is 18.3 Å². The number of ether oxygens (including phenoxy) is 1. The number of amides is 1. The van der Waals surface area contributed by atoms with Crippen molar-refractivity contribution in [3.05, 3.63) is 77.1 Å². The Labute approximate surface area is 161 Å². The van der Waals surface area contributed by atoms with Gasteiger partial charge in [-0.1, -0.05) is 12.1 Å². The molecule has 0 aliphatic rings. The van der Waals surface area contributed by atoms with Crippen molar-refractivity contribution >= 4 is 5.91 Å². The fraction of sp³-hybridized carbons (Fsp3) is 0.238. The van der Waals surface area contributed by atoms with Gasteiger partial charge >= 0.3 is 6.61 Å². The molecule has 3 aromatic rings. The van der Waals surface area contributed by atoms with Crippen LogP contribution in [0.5, 0.6) is 5.75 Å². The monoisotopic (exact) mass is 385 g/mol. The minimum atomic E-state index is -2.84. The molecule has 2 aromatic carbocycles. The first-order valence-electron chi connectivity index (χ1n) is 8.88. The van der Waals surface area contributed by atoms with Crippen molar-refractivity contribution in [3.63, 3.8) is 0 Å². The third kappa shape index (κ3) is 4.94. The Balaban J connectivity index is 1.53. The van der Waals surface area contributed by atoms with E-state index in [1.807, 2.05) is 36.7 Å². The summed E-state index contributed by atoms with van der Waals surface area (Å²) >= 11 is 0. The summed E-state index contributed by atoms with van der Waals surface area (Å²) in [6.45, 7) is 1.52. The van der Waals surface area contributed by atoms with E-state index in [0.717, 1.165) is 22.6 Å². The van der Waals surface area contributed by atoms with E-state index in [-0.39, 0.29) is 11.7 Å². The summed E-state index contributed by atoms with van der Waals surface area (Å²) in [7, 11) is 0. The van der Waals surface area contributed by atoms with Crippen LogP contribution < -0.4 is 10.1 Å². The molecule has 0 aliphatic heterocycles. The number of alkyl halides is 2. The molecule has 0 atom stereocenters. The normalized spacial score (nSPS) is 10.9. The summed E-state index contributed by atoms with van der Waals surface area (Å²) in [5.41, 5.74) is 4.34. The van der Waals surface area contributed by atoms with E-state index >= 15 is 0 Å². The van der Waals surface area contributed by atoms with E-state index in [4.69, 9.17) is 0 Å². The average Bonchev–Trinajstić information content (AvgIpc) is 3.01. The SMILES string of the molecule is Cc1cc(C)n(-c2ccc(C(=O)NCCc3ccc(OC(F)F)cc3)cc2)n1. The second-order valence-corrected chi connectivity index (χ2v) is 6.41. The molecule has 0 unspecified atom stereocenters. The zero-order valence-electron chi connectivity index (χ0n) is 15.7. The predicted octanol–water partition coefficient (Wildman–Crippen LogP) is 4.06. The highest BCUT2D eigenvalue weighted by Crippen LogP contribution is 2.15. The molecule has 3 rings (SSSR count). The van der Waals surface area contributed by atoms with Crippen LogP contribution in [0.1, 0.15) is 27.3 Å². The molecule has 0 bridgehead atoms. The van der Waals surface area contributed by atoms with Gasteiger partial charge in [-0.2, -0.15) is 13.9 Å². The number of nitrogens with one attached hydrogen (secondary N) is 1. The Hall–Kier alpha value is -3.22. The molecular weight excluding hydrogens is 364 g/mol. The Kier molecular flexibility index (Phi) is 6.03. The van der Waals surface area contributed by atoms with Crippen molar-refractivity contribution in [2.24, 2.45) is 0 Å². The molecule has 1 amide bonds. The zero-order chi connectivity index (χ0) is 20.1. The maximum absolute atomic E-state index is 12.3. The lowest BCUT2D eigenvalue weighted by molar-refractivity contribution is -0.0498. The summed E-state index contributed by atoms with van der Waals surface area (Å²) in [6, 6.07) is 15.6. The maximum Gasteiger partial charge on any atom is 0.387 e. The number of aryl methyl sites for hydroxylation is 2. The van der Waals surface area contributed by atoms with Crippen LogP contribution in [0.15, 0.2) is 54.6 Å². The van der Waals surface area contributed by atoms with Gasteiger partial charge < -0.3 is 10.1 Å². The highest BCUT2D eigenvalue weighted by atomic mass is 19.3. The van der Waals surface area contributed by atoms with E-state index in [2.05, 4.69) is 15.2 Å². The first-order chi connectivity index (χ1) is 13.4. The Morgan fingerprint density at radius 2 is 1.79 bits per heavy atom. The molecule has 0 aliphatic carbocycles. The van der Waals surface area contributed by atoms with Crippen LogP contribution in [0, 0.1) is 13.8 Å². The quantitative estimate of drug-likeness (QED) is 0.667. The van der Waals surface area contributed by atoms with Crippen LogP contribution in [-0.4, -0.2) is 28.8 Å². The van der Waals surface area contributed by atoms with Gasteiger partial charge in [-0.15, -0.1) is 0 Å². The molecule has 1 heterocycles. The van der Waals surface area contributed by atoms with Crippen molar-refractivity contribution in [2.75, 3.05) is 6.54 Å². The number of halogens is 2. The lowest BCUT2D eigenvalue weighted by atomic mass is 10.1. The molecule has 0 saturated heterocycles. The number of rotatable bonds is 7. The average molecular weight is 385 g/mol. The van der Waals surface area contributed by atoms with Crippen molar-refractivity contribution in [1.82, 2.24) is 15.1 Å². The van der Waals surface area contributed by atoms with Crippen LogP contribution in [0.3, 0.4) is 0 Å². The number of aromatic nitrogens is 2. The molecule has 146 valence electrons. The Morgan fingerprint density at radius 1 is 1.11 bits per heavy atom. The number of benzene rings is 2. The van der Waals surface area contributed by atoms with Crippen LogP contribution in [0.25, 0.3) is 5.69 Å². The molecule has 5 nitrogen and oxygen atoms in total. The van der Waals surface area contributed by atoms with E-state index in [0.29, 0.717) is 18.5 Å². The minimum Gasteiger partial charge on any atom is -0.435 e. The topological polar surface area (TPSA) is 56.2 Å². The molecule has 1 aromatic heterocycles. The fourth-order valence-corrected chi connectivity index (χ4v) is 2.90. The first-order valence-corrected chi connectivity index (χ1v) is 8.88. The van der Waals surface area contributed by atoms with Crippen molar-refractivity contribution in [3.8, 4) is 11.4 Å². The molecule has 0 spiro atoms. The number of carbonyl (C=O) groups is 1. The third-order valence-corrected chi connectivity index (χ3v) is 4.23. The first kappa shape index (κ1) is 19.5. The fourth-order valence-electron chi connectivity index (χ4n) is 2.90. The number of nitrogens with zero attached hydrogens (tertiary/aromatic N) is 2. The summed E-state index contributed by atoms with van der Waals surface area (Å²) in [5.74, 6) is -0.0527. The molecule has 1 N–H and O–H groups in total. The summed E-state index contributed by atoms with van der Waals surface area (Å²) in [4.78, 5) is 12.3. The van der Waals surface area contributed by atoms with Gasteiger partial charge in [0.2, 0.25) is 0 Å². The van der Waals surface area contributed by atoms with E-state index in [1.165, 1.54) is 12.1 Å². The number of hydrogen-bond donors (Lipinski definition) is 1. The molecule has 0 radical (unpaired) electrons. The second kappa shape index (κ2) is 8.65. The summed E-state index contributed by atoms with van der Waals surface area (Å²) < 4.78 is 30.4. The minimum absolute atomic E-state index is 0.116. The van der Waals surface area contributed by atoms with Crippen molar-refractivity contribution in [1.29, 1.82) is 0 Å². The molecule has 0 saturated carbocycles. The maximum atomic E-state index is 12.3. The number of hydrogen-bond acceptors (Lipinski definition) is 3. The van der Waals surface area contributed by atoms with Gasteiger partial charge in [0, 0.05) is 17.8 Å². The molecular formula is C21H21F2N3O2. The smallest absolute Gasteiger partial charge is 0.387 e. The van der Waals surface area contributed by atoms with Crippen molar-refractivity contribution in [2.45, 2.75) is 26.9 Å². The lowest BCUT2D eigenvalue weighted by Crippen LogP contribution is -2.25. The lowest BCUT2D eigenvalue weighted by Gasteiger charge is -2.08. The van der Waals surface area contributed by atoms with Gasteiger partial charge in [0.1, 0.15) is 5.75 Å². The Bertz CT molecular complexity index is 935. The van der Waals surface area contributed by atoms with Crippen LogP contribution >= 0.6 is 0 Å². The van der Waals surface area contributed by atoms with E-state index in [9.17, 15) is 13.6 Å². The Morgan fingerprint density at radius 3 is 2.36 bits per heavy atom. The predicted molar refractivity (Wildman–Crippen MR) is 102 cm³/mol. The van der Waals surface area contributed by atoms with Gasteiger partial charge in [-0.3, -0.25) is 4.79 Å². The van der Waals surface area contributed by atoms with Crippen LogP contribution in [0.2, 0.25) is 0 Å². The van der Waals surface area contributed by atoms with Gasteiger partial charge in [0.15, 0.2) is 0 Å². The van der Waals surface area contributed by atoms with Gasteiger partial charge in [0.25, 0.3) is 5.91 Å². The highest BCUT2D eigenvalue weighted by Gasteiger charge is 2.08. The molecule has 7 heteroatoms. The highest BCUT2D eigenvalue weighted by molar-refractivity contribution is 5.94. The van der Waals surface area contributed by atoms with Gasteiger partial charge in [-0.05, 0) is 68.3 Å². The molecule has 28 heavy (non-hydrogen) atoms.